The number of carbonyl (C=O) groups excluding carboxylic acids is 1. The molecular weight excluding hydrogens is 416 g/mol. The Morgan fingerprint density at radius 3 is 2.72 bits per heavy atom. The first kappa shape index (κ1) is 22.2. The smallest absolute Gasteiger partial charge is 0.305 e. The highest BCUT2D eigenvalue weighted by molar-refractivity contribution is 5.85. The topological polar surface area (TPSA) is 82.5 Å². The number of rotatable bonds is 9. The van der Waals surface area contributed by atoms with Crippen LogP contribution in [0.25, 0.3) is 0 Å². The molecule has 2 N–H and O–H groups in total. The van der Waals surface area contributed by atoms with Crippen molar-refractivity contribution < 1.29 is 23.5 Å². The summed E-state index contributed by atoms with van der Waals surface area (Å²) in [5, 5.41) is 12.6. The maximum atomic E-state index is 13.6. The van der Waals surface area contributed by atoms with Crippen LogP contribution in [0.1, 0.15) is 55.0 Å². The van der Waals surface area contributed by atoms with Gasteiger partial charge in [0, 0.05) is 24.8 Å². The van der Waals surface area contributed by atoms with Gasteiger partial charge in [-0.3, -0.25) is 9.59 Å². The molecule has 8 heteroatoms. The Morgan fingerprint density at radius 2 is 2.00 bits per heavy atom. The number of aliphatic carboxylic acids is 1. The number of nitrogens with one attached hydrogen (secondary N) is 1. The highest BCUT2D eigenvalue weighted by Crippen LogP contribution is 2.35. The molecule has 170 valence electrons. The Kier molecular flexibility index (Phi) is 6.67. The maximum absolute atomic E-state index is 13.6. The third-order valence-electron chi connectivity index (χ3n) is 6.25. The molecule has 6 nitrogen and oxygen atoms in total. The number of carbonyl (C=O) groups is 2. The maximum Gasteiger partial charge on any atom is 0.305 e. The molecule has 1 saturated heterocycles. The number of aromatic nitrogens is 1. The number of carboxylic acids is 1. The van der Waals surface area contributed by atoms with Crippen LogP contribution in [0.2, 0.25) is 0 Å². The molecule has 0 saturated carbocycles. The van der Waals surface area contributed by atoms with Crippen molar-refractivity contribution in [3.8, 4) is 0 Å². The van der Waals surface area contributed by atoms with Crippen molar-refractivity contribution in [2.24, 2.45) is 5.92 Å². The van der Waals surface area contributed by atoms with E-state index in [1.165, 1.54) is 10.5 Å². The van der Waals surface area contributed by atoms with Crippen molar-refractivity contribution in [1.29, 1.82) is 0 Å². The lowest BCUT2D eigenvalue weighted by atomic mass is 9.88. The number of pyridine rings is 1. The van der Waals surface area contributed by atoms with Gasteiger partial charge in [-0.05, 0) is 61.4 Å². The molecule has 2 aromatic rings. The predicted molar refractivity (Wildman–Crippen MR) is 115 cm³/mol. The second kappa shape index (κ2) is 9.63. The Hall–Kier alpha value is -3.03. The normalized spacial score (nSPS) is 18.5. The molecule has 1 aromatic heterocycles. The zero-order valence-corrected chi connectivity index (χ0v) is 17.8. The highest BCUT2D eigenvalue weighted by atomic mass is 19.1. The molecular formula is C24H27F2N3O3. The number of hydrogen-bond donors (Lipinski definition) is 2. The Morgan fingerprint density at radius 1 is 1.22 bits per heavy atom. The quantitative estimate of drug-likeness (QED) is 0.450. The van der Waals surface area contributed by atoms with Crippen molar-refractivity contribution >= 4 is 17.7 Å². The van der Waals surface area contributed by atoms with Crippen molar-refractivity contribution in [3.05, 3.63) is 58.8 Å². The van der Waals surface area contributed by atoms with Crippen molar-refractivity contribution in [2.45, 2.75) is 51.0 Å². The van der Waals surface area contributed by atoms with E-state index in [0.717, 1.165) is 68.4 Å². The molecule has 2 atom stereocenters. The van der Waals surface area contributed by atoms with Gasteiger partial charge in [0.25, 0.3) is 0 Å². The van der Waals surface area contributed by atoms with E-state index in [0.29, 0.717) is 13.0 Å². The molecule has 3 heterocycles. The fourth-order valence-electron chi connectivity index (χ4n) is 4.57. The van der Waals surface area contributed by atoms with Gasteiger partial charge in [-0.25, -0.2) is 13.8 Å². The lowest BCUT2D eigenvalue weighted by Crippen LogP contribution is -2.54. The molecule has 0 aliphatic carbocycles. The van der Waals surface area contributed by atoms with Gasteiger partial charge in [0.15, 0.2) is 0 Å². The fourth-order valence-corrected chi connectivity index (χ4v) is 4.57. The molecule has 2 aliphatic rings. The number of halogens is 2. The summed E-state index contributed by atoms with van der Waals surface area (Å²) in [6.07, 6.45) is 5.10. The summed E-state index contributed by atoms with van der Waals surface area (Å²) in [5.41, 5.74) is 2.47. The van der Waals surface area contributed by atoms with Crippen molar-refractivity contribution in [1.82, 2.24) is 9.88 Å². The number of carboxylic acid groups (broad SMARTS) is 1. The molecule has 1 aromatic carbocycles. The molecule has 2 aliphatic heterocycles. The van der Waals surface area contributed by atoms with E-state index in [9.17, 15) is 23.5 Å². The largest absolute Gasteiger partial charge is 0.481 e. The zero-order valence-electron chi connectivity index (χ0n) is 17.8. The van der Waals surface area contributed by atoms with Gasteiger partial charge in [0.2, 0.25) is 5.91 Å². The van der Waals surface area contributed by atoms with E-state index in [2.05, 4.69) is 22.4 Å². The van der Waals surface area contributed by atoms with E-state index in [4.69, 9.17) is 0 Å². The van der Waals surface area contributed by atoms with E-state index in [-0.39, 0.29) is 23.8 Å². The summed E-state index contributed by atoms with van der Waals surface area (Å²) in [6.45, 7) is 1.35. The number of fused-ring (bicyclic) bond motifs is 1. The van der Waals surface area contributed by atoms with Crippen LogP contribution in [0.3, 0.4) is 0 Å². The third kappa shape index (κ3) is 5.06. The van der Waals surface area contributed by atoms with Gasteiger partial charge < -0.3 is 15.3 Å². The molecule has 1 amide bonds. The summed E-state index contributed by atoms with van der Waals surface area (Å²) < 4.78 is 27.2. The standard InChI is InChI=1S/C24H27F2N3O3/c25-18-10-17(11-19(26)12-18)21(13-22(30)31)29-14-16(24(29)32)4-1-2-6-20-8-7-15-5-3-9-27-23(15)28-20/h7-8,10-12,16,21H,1-6,9,13-14H2,(H,27,28)(H,30,31)/t16?,21-/m0/s1. The molecule has 0 spiro atoms. The average Bonchev–Trinajstić information content (AvgIpc) is 2.75. The molecule has 0 bridgehead atoms. The van der Waals surface area contributed by atoms with Gasteiger partial charge in [0.05, 0.1) is 18.4 Å². The monoisotopic (exact) mass is 443 g/mol. The summed E-state index contributed by atoms with van der Waals surface area (Å²) in [5.74, 6) is -2.04. The summed E-state index contributed by atoms with van der Waals surface area (Å²) >= 11 is 0. The van der Waals surface area contributed by atoms with E-state index < -0.39 is 23.6 Å². The van der Waals surface area contributed by atoms with Crippen LogP contribution in [0.4, 0.5) is 14.6 Å². The Bertz CT molecular complexity index is 994. The number of unbranched alkanes of at least 4 members (excludes halogenated alkanes) is 1. The first-order chi connectivity index (χ1) is 15.4. The number of amides is 1. The molecule has 4 rings (SSSR count). The predicted octanol–water partition coefficient (Wildman–Crippen LogP) is 4.11. The third-order valence-corrected chi connectivity index (χ3v) is 6.25. The number of hydrogen-bond acceptors (Lipinski definition) is 4. The highest BCUT2D eigenvalue weighted by Gasteiger charge is 2.41. The van der Waals surface area contributed by atoms with E-state index in [1.54, 1.807) is 0 Å². The van der Waals surface area contributed by atoms with Crippen LogP contribution in [-0.2, 0) is 22.4 Å². The lowest BCUT2D eigenvalue weighted by Gasteiger charge is -2.43. The number of nitrogens with zero attached hydrogens (tertiary/aromatic N) is 2. The summed E-state index contributed by atoms with van der Waals surface area (Å²) in [7, 11) is 0. The van der Waals surface area contributed by atoms with Crippen LogP contribution >= 0.6 is 0 Å². The van der Waals surface area contributed by atoms with E-state index >= 15 is 0 Å². The molecule has 1 fully saturated rings. The minimum absolute atomic E-state index is 0.156. The minimum Gasteiger partial charge on any atom is -0.481 e. The molecule has 32 heavy (non-hydrogen) atoms. The fraction of sp³-hybridized carbons (Fsp3) is 0.458. The van der Waals surface area contributed by atoms with Gasteiger partial charge in [-0.15, -0.1) is 0 Å². The van der Waals surface area contributed by atoms with Gasteiger partial charge in [-0.1, -0.05) is 12.5 Å². The molecule has 1 unspecified atom stereocenters. The van der Waals surface area contributed by atoms with Crippen LogP contribution in [0, 0.1) is 17.6 Å². The Balaban J connectivity index is 1.29. The second-order valence-corrected chi connectivity index (χ2v) is 8.59. The van der Waals surface area contributed by atoms with Crippen LogP contribution in [0.5, 0.6) is 0 Å². The summed E-state index contributed by atoms with van der Waals surface area (Å²) in [6, 6.07) is 6.25. The number of benzene rings is 1. The minimum atomic E-state index is -1.12. The van der Waals surface area contributed by atoms with E-state index in [1.807, 2.05) is 0 Å². The lowest BCUT2D eigenvalue weighted by molar-refractivity contribution is -0.154. The first-order valence-corrected chi connectivity index (χ1v) is 11.1. The van der Waals surface area contributed by atoms with Gasteiger partial charge >= 0.3 is 5.97 Å². The summed E-state index contributed by atoms with van der Waals surface area (Å²) in [4.78, 5) is 30.1. The number of β-lactam (4-membered cyclic amide) rings is 1. The van der Waals surface area contributed by atoms with Crippen molar-refractivity contribution in [3.63, 3.8) is 0 Å². The van der Waals surface area contributed by atoms with Crippen LogP contribution < -0.4 is 5.32 Å². The number of likely N-dealkylation sites (tertiary alicyclic amines) is 1. The van der Waals surface area contributed by atoms with Gasteiger partial charge in [0.1, 0.15) is 17.5 Å². The second-order valence-electron chi connectivity index (χ2n) is 8.59. The SMILES string of the molecule is O=C(O)C[C@@H](c1cc(F)cc(F)c1)N1CC(CCCCc2ccc3c(n2)NCCC3)C1=O. The van der Waals surface area contributed by atoms with Crippen molar-refractivity contribution in [2.75, 3.05) is 18.4 Å². The van der Waals surface area contributed by atoms with Crippen LogP contribution in [0.15, 0.2) is 30.3 Å². The number of anilines is 1. The van der Waals surface area contributed by atoms with Crippen LogP contribution in [-0.4, -0.2) is 40.0 Å². The molecule has 0 radical (unpaired) electrons. The number of aryl methyl sites for hydroxylation is 2. The zero-order chi connectivity index (χ0) is 22.7. The Labute approximate surface area is 185 Å². The van der Waals surface area contributed by atoms with Gasteiger partial charge in [-0.2, -0.15) is 0 Å². The first-order valence-electron chi connectivity index (χ1n) is 11.1. The average molecular weight is 443 g/mol.